The van der Waals surface area contributed by atoms with Gasteiger partial charge in [0.1, 0.15) is 0 Å². The lowest BCUT2D eigenvalue weighted by molar-refractivity contribution is 0.0507. The summed E-state index contributed by atoms with van der Waals surface area (Å²) in [4.78, 5) is 2.82. The van der Waals surface area contributed by atoms with Crippen molar-refractivity contribution >= 4 is 0 Å². The van der Waals surface area contributed by atoms with Crippen molar-refractivity contribution in [3.8, 4) is 0 Å². The molecule has 1 N–H and O–H groups in total. The van der Waals surface area contributed by atoms with Gasteiger partial charge in [-0.15, -0.1) is 0 Å². The van der Waals surface area contributed by atoms with Crippen molar-refractivity contribution in [2.45, 2.75) is 65.5 Å². The van der Waals surface area contributed by atoms with Crippen LogP contribution in [0.4, 0.5) is 0 Å². The molecular weight excluding hydrogens is 220 g/mol. The Bertz CT molecular complexity index is 247. The Morgan fingerprint density at radius 2 is 1.94 bits per heavy atom. The van der Waals surface area contributed by atoms with Gasteiger partial charge in [-0.3, -0.25) is 4.90 Å². The summed E-state index contributed by atoms with van der Waals surface area (Å²) in [6.45, 7) is 13.3. The van der Waals surface area contributed by atoms with Gasteiger partial charge < -0.3 is 5.32 Å². The average molecular weight is 252 g/mol. The predicted octanol–water partition coefficient (Wildman–Crippen LogP) is 3.13. The van der Waals surface area contributed by atoms with Gasteiger partial charge in [-0.2, -0.15) is 0 Å². The molecule has 1 heterocycles. The van der Waals surface area contributed by atoms with Crippen LogP contribution in [-0.4, -0.2) is 36.6 Å². The van der Waals surface area contributed by atoms with Crippen molar-refractivity contribution in [2.75, 3.05) is 19.6 Å². The van der Waals surface area contributed by atoms with E-state index in [-0.39, 0.29) is 0 Å². The van der Waals surface area contributed by atoms with Crippen molar-refractivity contribution < 1.29 is 0 Å². The van der Waals surface area contributed by atoms with Gasteiger partial charge in [-0.1, -0.05) is 40.5 Å². The van der Waals surface area contributed by atoms with E-state index in [1.165, 1.54) is 45.3 Å². The highest BCUT2D eigenvalue weighted by Gasteiger charge is 2.34. The maximum Gasteiger partial charge on any atom is 0.0247 e. The molecule has 2 nitrogen and oxygen atoms in total. The Balaban J connectivity index is 1.95. The normalized spacial score (nSPS) is 32.5. The zero-order valence-electron chi connectivity index (χ0n) is 12.8. The summed E-state index contributed by atoms with van der Waals surface area (Å²) >= 11 is 0. The lowest BCUT2D eigenvalue weighted by atomic mass is 9.83. The first-order chi connectivity index (χ1) is 8.61. The summed E-state index contributed by atoms with van der Waals surface area (Å²) in [6, 6.07) is 1.47. The third kappa shape index (κ3) is 3.27. The van der Waals surface area contributed by atoms with Crippen LogP contribution in [-0.2, 0) is 0 Å². The molecule has 0 aromatic heterocycles. The molecule has 1 saturated carbocycles. The Morgan fingerprint density at radius 3 is 2.44 bits per heavy atom. The minimum atomic E-state index is 0.699. The van der Waals surface area contributed by atoms with Crippen molar-refractivity contribution in [2.24, 2.45) is 17.8 Å². The molecular formula is C16H32N2. The summed E-state index contributed by atoms with van der Waals surface area (Å²) in [5, 5.41) is 3.78. The van der Waals surface area contributed by atoms with Crippen LogP contribution in [0.1, 0.15) is 53.4 Å². The zero-order valence-corrected chi connectivity index (χ0v) is 12.8. The van der Waals surface area contributed by atoms with E-state index >= 15 is 0 Å². The summed E-state index contributed by atoms with van der Waals surface area (Å²) < 4.78 is 0. The van der Waals surface area contributed by atoms with Gasteiger partial charge in [0.15, 0.2) is 0 Å². The largest absolute Gasteiger partial charge is 0.311 e. The van der Waals surface area contributed by atoms with E-state index in [9.17, 15) is 0 Å². The molecule has 0 aromatic carbocycles. The molecule has 3 atom stereocenters. The molecule has 1 aliphatic carbocycles. The summed E-state index contributed by atoms with van der Waals surface area (Å²) in [7, 11) is 0. The topological polar surface area (TPSA) is 15.3 Å². The number of hydrogen-bond acceptors (Lipinski definition) is 2. The molecule has 0 aromatic rings. The Labute approximate surface area is 114 Å². The summed E-state index contributed by atoms with van der Waals surface area (Å²) in [5.41, 5.74) is 0. The van der Waals surface area contributed by atoms with Crippen LogP contribution < -0.4 is 5.32 Å². The maximum absolute atomic E-state index is 3.78. The second-order valence-electron chi connectivity index (χ2n) is 6.96. The minimum absolute atomic E-state index is 0.699. The van der Waals surface area contributed by atoms with Gasteiger partial charge in [0.25, 0.3) is 0 Å². The molecule has 0 radical (unpaired) electrons. The van der Waals surface area contributed by atoms with Crippen LogP contribution in [0.2, 0.25) is 0 Å². The number of piperazine rings is 1. The second kappa shape index (κ2) is 6.38. The monoisotopic (exact) mass is 252 g/mol. The van der Waals surface area contributed by atoms with E-state index in [4.69, 9.17) is 0 Å². The quantitative estimate of drug-likeness (QED) is 0.809. The van der Waals surface area contributed by atoms with E-state index < -0.39 is 0 Å². The first-order valence-corrected chi connectivity index (χ1v) is 8.09. The predicted molar refractivity (Wildman–Crippen MR) is 78.8 cm³/mol. The van der Waals surface area contributed by atoms with Crippen molar-refractivity contribution in [3.05, 3.63) is 0 Å². The zero-order chi connectivity index (χ0) is 13.1. The first-order valence-electron chi connectivity index (χ1n) is 8.09. The van der Waals surface area contributed by atoms with Gasteiger partial charge in [-0.05, 0) is 30.6 Å². The molecule has 2 fully saturated rings. The molecule has 106 valence electrons. The molecule has 3 unspecified atom stereocenters. The molecule has 2 rings (SSSR count). The van der Waals surface area contributed by atoms with Crippen molar-refractivity contribution in [1.29, 1.82) is 0 Å². The summed E-state index contributed by atoms with van der Waals surface area (Å²) in [6.07, 6.45) is 5.73. The standard InChI is InChI=1S/C16H32N2/c1-5-13(4)16-9-17-15(12(2)3)11-18(16)10-14-7-6-8-14/h12-17H,5-11H2,1-4H3. The van der Waals surface area contributed by atoms with Crippen LogP contribution in [0.25, 0.3) is 0 Å². The third-order valence-electron chi connectivity index (χ3n) is 5.31. The molecule has 2 aliphatic rings. The van der Waals surface area contributed by atoms with Crippen LogP contribution in [0.3, 0.4) is 0 Å². The van der Waals surface area contributed by atoms with Gasteiger partial charge in [-0.25, -0.2) is 0 Å². The average Bonchev–Trinajstić information content (AvgIpc) is 2.32. The van der Waals surface area contributed by atoms with Crippen molar-refractivity contribution in [3.63, 3.8) is 0 Å². The lowest BCUT2D eigenvalue weighted by Crippen LogP contribution is -2.60. The SMILES string of the molecule is CCC(C)C1CNC(C(C)C)CN1CC1CCC1. The third-order valence-corrected chi connectivity index (χ3v) is 5.31. The fourth-order valence-electron chi connectivity index (χ4n) is 3.35. The van der Waals surface area contributed by atoms with Crippen LogP contribution in [0.15, 0.2) is 0 Å². The molecule has 0 spiro atoms. The second-order valence-corrected chi connectivity index (χ2v) is 6.96. The minimum Gasteiger partial charge on any atom is -0.311 e. The highest BCUT2D eigenvalue weighted by atomic mass is 15.2. The van der Waals surface area contributed by atoms with Crippen LogP contribution in [0, 0.1) is 17.8 Å². The van der Waals surface area contributed by atoms with Gasteiger partial charge in [0.05, 0.1) is 0 Å². The molecule has 2 heteroatoms. The summed E-state index contributed by atoms with van der Waals surface area (Å²) in [5.74, 6) is 2.58. The highest BCUT2D eigenvalue weighted by molar-refractivity contribution is 4.91. The molecule has 0 bridgehead atoms. The maximum atomic E-state index is 3.78. The van der Waals surface area contributed by atoms with Crippen molar-refractivity contribution in [1.82, 2.24) is 10.2 Å². The molecule has 0 amide bonds. The smallest absolute Gasteiger partial charge is 0.0247 e. The van der Waals surface area contributed by atoms with Gasteiger partial charge in [0.2, 0.25) is 0 Å². The first kappa shape index (κ1) is 14.3. The number of nitrogens with zero attached hydrogens (tertiary/aromatic N) is 1. The molecule has 18 heavy (non-hydrogen) atoms. The van der Waals surface area contributed by atoms with Gasteiger partial charge in [0, 0.05) is 31.7 Å². The number of rotatable bonds is 5. The lowest BCUT2D eigenvalue weighted by Gasteiger charge is -2.46. The number of hydrogen-bond donors (Lipinski definition) is 1. The van der Waals surface area contributed by atoms with E-state index in [1.807, 2.05) is 0 Å². The fraction of sp³-hybridized carbons (Fsp3) is 1.00. The van der Waals surface area contributed by atoms with Crippen LogP contribution in [0.5, 0.6) is 0 Å². The van der Waals surface area contributed by atoms with Crippen LogP contribution >= 0.6 is 0 Å². The van der Waals surface area contributed by atoms with E-state index in [2.05, 4.69) is 37.9 Å². The van der Waals surface area contributed by atoms with E-state index in [0.29, 0.717) is 6.04 Å². The molecule has 1 saturated heterocycles. The Hall–Kier alpha value is -0.0800. The van der Waals surface area contributed by atoms with E-state index in [0.717, 1.165) is 23.8 Å². The van der Waals surface area contributed by atoms with Gasteiger partial charge >= 0.3 is 0 Å². The molecule has 1 aliphatic heterocycles. The Kier molecular flexibility index (Phi) is 5.08. The Morgan fingerprint density at radius 1 is 1.22 bits per heavy atom. The number of nitrogens with one attached hydrogen (secondary N) is 1. The fourth-order valence-corrected chi connectivity index (χ4v) is 3.35. The van der Waals surface area contributed by atoms with E-state index in [1.54, 1.807) is 0 Å². The highest BCUT2D eigenvalue weighted by Crippen LogP contribution is 2.30.